The van der Waals surface area contributed by atoms with Gasteiger partial charge in [0.15, 0.2) is 0 Å². The topological polar surface area (TPSA) is 37.1 Å². The first-order chi connectivity index (χ1) is 5.81. The van der Waals surface area contributed by atoms with Gasteiger partial charge in [-0.25, -0.2) is 4.99 Å². The van der Waals surface area contributed by atoms with Crippen molar-refractivity contribution in [1.82, 2.24) is 0 Å². The minimum atomic E-state index is -0.513. The fraction of sp³-hybridized carbons (Fsp3) is 0.875. The Morgan fingerprint density at radius 3 is 2.58 bits per heavy atom. The lowest BCUT2D eigenvalue weighted by atomic mass is 9.87. The highest BCUT2D eigenvalue weighted by Crippen LogP contribution is 2.40. The summed E-state index contributed by atoms with van der Waals surface area (Å²) in [7, 11) is 0. The molecule has 1 aliphatic carbocycles. The van der Waals surface area contributed by atoms with E-state index in [2.05, 4.69) is 27.8 Å². The minimum absolute atomic E-state index is 0.497. The molecule has 0 amide bonds. The van der Waals surface area contributed by atoms with Crippen molar-refractivity contribution < 1.29 is 0 Å². The normalized spacial score (nSPS) is 36.1. The fourth-order valence-corrected chi connectivity index (χ4v) is 2.29. The van der Waals surface area contributed by atoms with E-state index < -0.39 is 4.99 Å². The molecule has 2 aliphatic rings. The smallest absolute Gasteiger partial charge is 0.218 e. The molecule has 1 saturated carbocycles. The summed E-state index contributed by atoms with van der Waals surface area (Å²) in [5, 5.41) is 7.83. The average molecular weight is 183 g/mol. The van der Waals surface area contributed by atoms with E-state index in [0.29, 0.717) is 5.92 Å². The van der Waals surface area contributed by atoms with Crippen LogP contribution in [-0.2, 0) is 0 Å². The molecule has 3 nitrogen and oxygen atoms in total. The maximum atomic E-state index is 4.47. The van der Waals surface area contributed by atoms with E-state index in [1.807, 2.05) is 0 Å². The summed E-state index contributed by atoms with van der Waals surface area (Å²) in [6.45, 7) is 0. The molecule has 4 heteroatoms. The number of azo groups is 1. The molecule has 0 aromatic carbocycles. The molecular formula is C8H13N3S. The molecule has 0 bridgehead atoms. The maximum Gasteiger partial charge on any atom is 0.218 e. The third-order valence-corrected chi connectivity index (χ3v) is 3.23. The van der Waals surface area contributed by atoms with Crippen molar-refractivity contribution in [2.24, 2.45) is 21.1 Å². The van der Waals surface area contributed by atoms with Crippen molar-refractivity contribution in [3.8, 4) is 0 Å². The number of aliphatic imine (C=N–C) groups is 1. The molecule has 0 aromatic heterocycles. The van der Waals surface area contributed by atoms with Gasteiger partial charge < -0.3 is 0 Å². The molecule has 1 unspecified atom stereocenters. The van der Waals surface area contributed by atoms with Gasteiger partial charge in [-0.3, -0.25) is 0 Å². The van der Waals surface area contributed by atoms with Gasteiger partial charge in [-0.05, 0) is 12.8 Å². The van der Waals surface area contributed by atoms with Crippen molar-refractivity contribution in [2.45, 2.75) is 37.1 Å². The van der Waals surface area contributed by atoms with Crippen molar-refractivity contribution in [3.63, 3.8) is 0 Å². The highest BCUT2D eigenvalue weighted by Gasteiger charge is 2.37. The summed E-state index contributed by atoms with van der Waals surface area (Å²) in [6.07, 6.45) is 7.83. The van der Waals surface area contributed by atoms with Crippen LogP contribution >= 0.6 is 12.6 Å². The van der Waals surface area contributed by atoms with Crippen LogP contribution < -0.4 is 0 Å². The lowest BCUT2D eigenvalue weighted by Crippen LogP contribution is -2.28. The van der Waals surface area contributed by atoms with Gasteiger partial charge in [0, 0.05) is 5.92 Å². The molecule has 1 heterocycles. The second-order valence-corrected chi connectivity index (χ2v) is 4.14. The lowest BCUT2D eigenvalue weighted by molar-refractivity contribution is 0.290. The number of thiol groups is 1. The lowest BCUT2D eigenvalue weighted by Gasteiger charge is -2.29. The number of hydrogen-bond donors (Lipinski definition) is 1. The Hall–Kier alpha value is -0.380. The molecular weight excluding hydrogens is 170 g/mol. The van der Waals surface area contributed by atoms with E-state index in [4.69, 9.17) is 0 Å². The van der Waals surface area contributed by atoms with Crippen LogP contribution in [0.3, 0.4) is 0 Å². The third kappa shape index (κ3) is 1.40. The van der Waals surface area contributed by atoms with Gasteiger partial charge >= 0.3 is 0 Å². The Morgan fingerprint density at radius 2 is 2.00 bits per heavy atom. The molecule has 1 fully saturated rings. The first-order valence-electron chi connectivity index (χ1n) is 4.49. The fourth-order valence-electron chi connectivity index (χ4n) is 1.92. The van der Waals surface area contributed by atoms with E-state index in [0.717, 1.165) is 0 Å². The Labute approximate surface area is 77.8 Å². The van der Waals surface area contributed by atoms with Gasteiger partial charge in [-0.2, -0.15) is 0 Å². The molecule has 12 heavy (non-hydrogen) atoms. The summed E-state index contributed by atoms with van der Waals surface area (Å²) in [6, 6.07) is 0. The second kappa shape index (κ2) is 3.17. The molecule has 1 aliphatic heterocycles. The van der Waals surface area contributed by atoms with Crippen LogP contribution in [0.1, 0.15) is 32.1 Å². The molecule has 0 saturated heterocycles. The van der Waals surface area contributed by atoms with E-state index >= 15 is 0 Å². The molecule has 0 spiro atoms. The summed E-state index contributed by atoms with van der Waals surface area (Å²) in [5.74, 6) is 0.497. The standard InChI is InChI=1S/C8H13N3S/c12-8(9-6-10-11-8)7-4-2-1-3-5-7/h6-7,12H,1-5H2. The van der Waals surface area contributed by atoms with Gasteiger partial charge in [0.2, 0.25) is 4.99 Å². The minimum Gasteiger partial charge on any atom is -0.230 e. The van der Waals surface area contributed by atoms with Crippen molar-refractivity contribution in [1.29, 1.82) is 0 Å². The van der Waals surface area contributed by atoms with Gasteiger partial charge in [-0.15, -0.1) is 22.9 Å². The monoisotopic (exact) mass is 183 g/mol. The van der Waals surface area contributed by atoms with E-state index in [1.165, 1.54) is 38.4 Å². The van der Waals surface area contributed by atoms with Crippen LogP contribution in [0, 0.1) is 5.92 Å². The highest BCUT2D eigenvalue weighted by atomic mass is 32.1. The zero-order chi connectivity index (χ0) is 8.44. The molecule has 0 radical (unpaired) electrons. The molecule has 0 aromatic rings. The van der Waals surface area contributed by atoms with Crippen LogP contribution in [0.15, 0.2) is 15.2 Å². The number of hydrogen-bond acceptors (Lipinski definition) is 4. The summed E-state index contributed by atoms with van der Waals surface area (Å²) in [4.78, 5) is 3.68. The Bertz CT molecular complexity index is 206. The third-order valence-electron chi connectivity index (χ3n) is 2.66. The van der Waals surface area contributed by atoms with Crippen LogP contribution in [-0.4, -0.2) is 11.3 Å². The first-order valence-corrected chi connectivity index (χ1v) is 4.94. The average Bonchev–Trinajstić information content (AvgIpc) is 2.55. The van der Waals surface area contributed by atoms with Gasteiger partial charge in [0.05, 0.1) is 0 Å². The molecule has 66 valence electrons. The van der Waals surface area contributed by atoms with Gasteiger partial charge in [-0.1, -0.05) is 19.3 Å². The summed E-state index contributed by atoms with van der Waals surface area (Å²) in [5.41, 5.74) is 0. The zero-order valence-corrected chi connectivity index (χ0v) is 7.87. The van der Waals surface area contributed by atoms with Crippen molar-refractivity contribution in [3.05, 3.63) is 0 Å². The predicted molar refractivity (Wildman–Crippen MR) is 51.6 cm³/mol. The Kier molecular flexibility index (Phi) is 2.17. The number of nitrogens with zero attached hydrogens (tertiary/aromatic N) is 3. The van der Waals surface area contributed by atoms with E-state index in [-0.39, 0.29) is 0 Å². The van der Waals surface area contributed by atoms with Crippen LogP contribution in [0.2, 0.25) is 0 Å². The SMILES string of the molecule is SC1(C2CCCCC2)N=CN=N1. The zero-order valence-electron chi connectivity index (χ0n) is 6.98. The molecule has 2 rings (SSSR count). The maximum absolute atomic E-state index is 4.47. The largest absolute Gasteiger partial charge is 0.230 e. The highest BCUT2D eigenvalue weighted by molar-refractivity contribution is 7.81. The van der Waals surface area contributed by atoms with Crippen molar-refractivity contribution in [2.75, 3.05) is 0 Å². The van der Waals surface area contributed by atoms with Crippen molar-refractivity contribution >= 4 is 19.0 Å². The Balaban J connectivity index is 2.06. The van der Waals surface area contributed by atoms with Crippen LogP contribution in [0.5, 0.6) is 0 Å². The van der Waals surface area contributed by atoms with E-state index in [9.17, 15) is 0 Å². The van der Waals surface area contributed by atoms with Crippen LogP contribution in [0.4, 0.5) is 0 Å². The summed E-state index contributed by atoms with van der Waals surface area (Å²) < 4.78 is 0. The second-order valence-electron chi connectivity index (χ2n) is 3.48. The van der Waals surface area contributed by atoms with E-state index in [1.54, 1.807) is 0 Å². The molecule has 0 N–H and O–H groups in total. The number of rotatable bonds is 1. The van der Waals surface area contributed by atoms with Gasteiger partial charge in [0.1, 0.15) is 6.34 Å². The van der Waals surface area contributed by atoms with Crippen LogP contribution in [0.25, 0.3) is 0 Å². The Morgan fingerprint density at radius 1 is 1.25 bits per heavy atom. The predicted octanol–water partition coefficient (Wildman–Crippen LogP) is 2.64. The van der Waals surface area contributed by atoms with Gasteiger partial charge in [0.25, 0.3) is 0 Å². The molecule has 1 atom stereocenters. The summed E-state index contributed by atoms with van der Waals surface area (Å²) >= 11 is 4.47. The quantitative estimate of drug-likeness (QED) is 0.607. The first kappa shape index (κ1) is 8.23.